The molecule has 1 saturated heterocycles. The van der Waals surface area contributed by atoms with Gasteiger partial charge in [-0.3, -0.25) is 24.0 Å². The summed E-state index contributed by atoms with van der Waals surface area (Å²) < 4.78 is 3.08. The van der Waals surface area contributed by atoms with Crippen molar-refractivity contribution in [3.8, 4) is 5.69 Å². The van der Waals surface area contributed by atoms with Gasteiger partial charge in [-0.15, -0.1) is 0 Å². The molecule has 9 heteroatoms. The lowest BCUT2D eigenvalue weighted by molar-refractivity contribution is -0.133. The highest BCUT2D eigenvalue weighted by Gasteiger charge is 2.47. The van der Waals surface area contributed by atoms with Gasteiger partial charge in [0.2, 0.25) is 5.91 Å². The molecule has 1 aliphatic rings. The van der Waals surface area contributed by atoms with Crippen LogP contribution in [0.4, 0.5) is 10.5 Å². The first-order chi connectivity index (χ1) is 16.2. The van der Waals surface area contributed by atoms with Crippen molar-refractivity contribution in [1.29, 1.82) is 0 Å². The first-order valence-electron chi connectivity index (χ1n) is 11.0. The molecule has 4 amide bonds. The number of urea groups is 1. The lowest BCUT2D eigenvalue weighted by Gasteiger charge is -2.21. The highest BCUT2D eigenvalue weighted by Crippen LogP contribution is 2.23. The number of imide groups is 1. The molecule has 0 aliphatic carbocycles. The van der Waals surface area contributed by atoms with Crippen LogP contribution < -0.4 is 16.2 Å². The van der Waals surface area contributed by atoms with Gasteiger partial charge in [0.25, 0.3) is 11.5 Å². The molecule has 9 nitrogen and oxygen atoms in total. The monoisotopic (exact) mass is 461 g/mol. The van der Waals surface area contributed by atoms with Crippen molar-refractivity contribution in [2.24, 2.45) is 7.05 Å². The molecule has 0 spiro atoms. The molecule has 2 aromatic carbocycles. The SMILES string of the molecule is Cc1c(NC(=O)CN2C(=O)N[C@@](C)(CCc3ccccc3)C2=O)c(=O)n(-c2ccccc2)n1C. The molecule has 176 valence electrons. The smallest absolute Gasteiger partial charge is 0.323 e. The second-order valence-corrected chi connectivity index (χ2v) is 8.62. The van der Waals surface area contributed by atoms with Gasteiger partial charge in [-0.1, -0.05) is 48.5 Å². The number of carbonyl (C=O) groups is 3. The Kier molecular flexibility index (Phi) is 6.10. The number of anilines is 1. The van der Waals surface area contributed by atoms with Crippen LogP contribution in [0.2, 0.25) is 0 Å². The summed E-state index contributed by atoms with van der Waals surface area (Å²) in [6.07, 6.45) is 1.00. The summed E-state index contributed by atoms with van der Waals surface area (Å²) in [5, 5.41) is 5.31. The third kappa shape index (κ3) is 4.24. The molecule has 0 bridgehead atoms. The number of nitrogens with zero attached hydrogens (tertiary/aromatic N) is 3. The Morgan fingerprint density at radius 1 is 1.00 bits per heavy atom. The molecule has 4 rings (SSSR count). The molecule has 3 aromatic rings. The Morgan fingerprint density at radius 3 is 2.26 bits per heavy atom. The second-order valence-electron chi connectivity index (χ2n) is 8.62. The predicted octanol–water partition coefficient (Wildman–Crippen LogP) is 2.37. The lowest BCUT2D eigenvalue weighted by atomic mass is 9.93. The maximum atomic E-state index is 13.0. The van der Waals surface area contributed by atoms with E-state index in [9.17, 15) is 19.2 Å². The Morgan fingerprint density at radius 2 is 1.62 bits per heavy atom. The maximum absolute atomic E-state index is 13.0. The van der Waals surface area contributed by atoms with Crippen LogP contribution in [0.25, 0.3) is 5.69 Å². The van der Waals surface area contributed by atoms with Gasteiger partial charge in [0.15, 0.2) is 0 Å². The average Bonchev–Trinajstić information content (AvgIpc) is 3.17. The highest BCUT2D eigenvalue weighted by atomic mass is 16.2. The van der Waals surface area contributed by atoms with Gasteiger partial charge in [-0.05, 0) is 44.4 Å². The van der Waals surface area contributed by atoms with Crippen LogP contribution in [0, 0.1) is 6.92 Å². The average molecular weight is 462 g/mol. The molecule has 2 heterocycles. The van der Waals surface area contributed by atoms with Crippen molar-refractivity contribution in [2.45, 2.75) is 32.2 Å². The largest absolute Gasteiger partial charge is 0.325 e. The molecule has 0 radical (unpaired) electrons. The van der Waals surface area contributed by atoms with E-state index in [1.807, 2.05) is 48.5 Å². The number of benzene rings is 2. The summed E-state index contributed by atoms with van der Waals surface area (Å²) in [6.45, 7) is 2.89. The van der Waals surface area contributed by atoms with Crippen LogP contribution >= 0.6 is 0 Å². The number of nitrogens with one attached hydrogen (secondary N) is 2. The molecule has 34 heavy (non-hydrogen) atoms. The predicted molar refractivity (Wildman–Crippen MR) is 128 cm³/mol. The van der Waals surface area contributed by atoms with Crippen LogP contribution in [0.15, 0.2) is 65.5 Å². The van der Waals surface area contributed by atoms with Crippen molar-refractivity contribution in [3.63, 3.8) is 0 Å². The van der Waals surface area contributed by atoms with Crippen LogP contribution in [0.3, 0.4) is 0 Å². The van der Waals surface area contributed by atoms with E-state index < -0.39 is 35.5 Å². The molecule has 0 unspecified atom stereocenters. The zero-order valence-electron chi connectivity index (χ0n) is 19.4. The zero-order chi connectivity index (χ0) is 24.5. The Bertz CT molecular complexity index is 1300. The highest BCUT2D eigenvalue weighted by molar-refractivity contribution is 6.10. The Balaban J connectivity index is 1.47. The topological polar surface area (TPSA) is 105 Å². The molecule has 0 saturated carbocycles. The molecular formula is C25H27N5O4. The number of hydrogen-bond donors (Lipinski definition) is 2. The summed E-state index contributed by atoms with van der Waals surface area (Å²) in [5.41, 5.74) is 0.862. The van der Waals surface area contributed by atoms with E-state index in [-0.39, 0.29) is 5.69 Å². The van der Waals surface area contributed by atoms with E-state index in [0.717, 1.165) is 10.5 Å². The van der Waals surface area contributed by atoms with Crippen LogP contribution in [0.5, 0.6) is 0 Å². The maximum Gasteiger partial charge on any atom is 0.325 e. The van der Waals surface area contributed by atoms with Gasteiger partial charge in [0, 0.05) is 7.05 Å². The Hall–Kier alpha value is -4.14. The van der Waals surface area contributed by atoms with E-state index in [4.69, 9.17) is 0 Å². The number of aromatic nitrogens is 2. The fourth-order valence-electron chi connectivity index (χ4n) is 4.13. The van der Waals surface area contributed by atoms with Gasteiger partial charge in [0.1, 0.15) is 17.8 Å². The van der Waals surface area contributed by atoms with Gasteiger partial charge in [0.05, 0.1) is 11.4 Å². The van der Waals surface area contributed by atoms with E-state index in [2.05, 4.69) is 10.6 Å². The van der Waals surface area contributed by atoms with Gasteiger partial charge in [-0.2, -0.15) is 0 Å². The third-order valence-electron chi connectivity index (χ3n) is 6.22. The van der Waals surface area contributed by atoms with Crippen molar-refractivity contribution in [2.75, 3.05) is 11.9 Å². The molecule has 1 fully saturated rings. The minimum absolute atomic E-state index is 0.107. The number of amides is 4. The van der Waals surface area contributed by atoms with Crippen LogP contribution in [0.1, 0.15) is 24.6 Å². The number of hydrogen-bond acceptors (Lipinski definition) is 4. The fraction of sp³-hybridized carbons (Fsp3) is 0.280. The van der Waals surface area contributed by atoms with Crippen LogP contribution in [-0.2, 0) is 23.1 Å². The van der Waals surface area contributed by atoms with Crippen molar-refractivity contribution in [3.05, 3.63) is 82.3 Å². The third-order valence-corrected chi connectivity index (χ3v) is 6.22. The summed E-state index contributed by atoms with van der Waals surface area (Å²) in [5.74, 6) is -1.09. The minimum atomic E-state index is -1.10. The first kappa shape index (κ1) is 23.0. The summed E-state index contributed by atoms with van der Waals surface area (Å²) in [6, 6.07) is 18.1. The molecular weight excluding hydrogens is 434 g/mol. The van der Waals surface area contributed by atoms with E-state index in [0.29, 0.717) is 24.2 Å². The fourth-order valence-corrected chi connectivity index (χ4v) is 4.13. The van der Waals surface area contributed by atoms with Gasteiger partial charge in [-0.25, -0.2) is 9.48 Å². The van der Waals surface area contributed by atoms with Gasteiger partial charge < -0.3 is 10.6 Å². The first-order valence-corrected chi connectivity index (χ1v) is 11.0. The number of rotatable bonds is 7. The van der Waals surface area contributed by atoms with E-state index in [1.165, 1.54) is 4.68 Å². The summed E-state index contributed by atoms with van der Waals surface area (Å²) in [4.78, 5) is 52.2. The summed E-state index contributed by atoms with van der Waals surface area (Å²) in [7, 11) is 1.72. The lowest BCUT2D eigenvalue weighted by Crippen LogP contribution is -2.45. The van der Waals surface area contributed by atoms with E-state index in [1.54, 1.807) is 37.7 Å². The minimum Gasteiger partial charge on any atom is -0.323 e. The number of carbonyl (C=O) groups excluding carboxylic acids is 3. The van der Waals surface area contributed by atoms with Crippen molar-refractivity contribution < 1.29 is 14.4 Å². The molecule has 1 atom stereocenters. The van der Waals surface area contributed by atoms with Gasteiger partial charge >= 0.3 is 6.03 Å². The second kappa shape index (κ2) is 9.01. The molecule has 2 N–H and O–H groups in total. The van der Waals surface area contributed by atoms with Crippen molar-refractivity contribution in [1.82, 2.24) is 19.6 Å². The summed E-state index contributed by atoms with van der Waals surface area (Å²) >= 11 is 0. The quantitative estimate of drug-likeness (QED) is 0.527. The van der Waals surface area contributed by atoms with Crippen molar-refractivity contribution >= 4 is 23.5 Å². The standard InChI is InChI=1S/C25H27N5O4/c1-17-21(22(32)30(28(17)3)19-12-8-5-9-13-19)26-20(31)16-29-23(33)25(2,27-24(29)34)15-14-18-10-6-4-7-11-18/h4-13H,14-16H2,1-3H3,(H,26,31)(H,27,34)/t25-/m0/s1. The van der Waals surface area contributed by atoms with Crippen LogP contribution in [-0.4, -0.2) is 44.2 Å². The molecule has 1 aliphatic heterocycles. The zero-order valence-corrected chi connectivity index (χ0v) is 19.4. The molecule has 1 aromatic heterocycles. The normalized spacial score (nSPS) is 17.7. The Labute approximate surface area is 197 Å². The number of aryl methyl sites for hydroxylation is 1. The van der Waals surface area contributed by atoms with E-state index >= 15 is 0 Å². The number of para-hydroxylation sites is 1.